The van der Waals surface area contributed by atoms with Crippen LogP contribution in [0.4, 0.5) is 0 Å². The fourth-order valence-corrected chi connectivity index (χ4v) is 4.83. The van der Waals surface area contributed by atoms with Crippen LogP contribution in [0.15, 0.2) is 0 Å². The van der Waals surface area contributed by atoms with Gasteiger partial charge in [0.1, 0.15) is 0 Å². The van der Waals surface area contributed by atoms with Crippen molar-refractivity contribution in [2.75, 3.05) is 0 Å². The minimum Gasteiger partial charge on any atom is -0.0622 e. The average Bonchev–Trinajstić information content (AvgIpc) is 2.81. The predicted molar refractivity (Wildman–Crippen MR) is 44.0 cm³/mol. The Hall–Kier alpha value is 0. The summed E-state index contributed by atoms with van der Waals surface area (Å²) >= 11 is 0. The van der Waals surface area contributed by atoms with Gasteiger partial charge in [-0.15, -0.1) is 0 Å². The Balaban J connectivity index is 1.76. The molecule has 7 atom stereocenters. The normalized spacial score (nSPS) is 75.5. The predicted octanol–water partition coefficient (Wildman–Crippen LogP) is 2.54. The minimum atomic E-state index is 1.10. The zero-order valence-corrected chi connectivity index (χ0v) is 7.16. The molecule has 7 unspecified atom stereocenters. The highest BCUT2D eigenvalue weighted by molar-refractivity contribution is 5.21. The highest BCUT2D eigenvalue weighted by Gasteiger charge is 2.74. The van der Waals surface area contributed by atoms with Gasteiger partial charge in [-0.25, -0.2) is 0 Å². The zero-order valence-electron chi connectivity index (χ0n) is 7.16. The molecule has 0 radical (unpaired) electrons. The smallest absolute Gasteiger partial charge is 0.0315 e. The van der Waals surface area contributed by atoms with Crippen LogP contribution in [0.5, 0.6) is 0 Å². The summed E-state index contributed by atoms with van der Waals surface area (Å²) in [5.74, 6) is 8.52. The Kier molecular flexibility index (Phi) is 0.717. The molecular formula is C11H16. The van der Waals surface area contributed by atoms with Crippen molar-refractivity contribution in [1.82, 2.24) is 0 Å². The van der Waals surface area contributed by atoms with Crippen LogP contribution < -0.4 is 0 Å². The summed E-state index contributed by atoms with van der Waals surface area (Å²) in [6, 6.07) is 0. The van der Waals surface area contributed by atoms with Crippen molar-refractivity contribution in [2.45, 2.75) is 26.2 Å². The van der Waals surface area contributed by atoms with Crippen molar-refractivity contribution >= 4 is 0 Å². The Morgan fingerprint density at radius 1 is 0.818 bits per heavy atom. The maximum atomic E-state index is 2.50. The summed E-state index contributed by atoms with van der Waals surface area (Å²) in [7, 11) is 0. The first-order chi connectivity index (χ1) is 5.38. The molecule has 4 aliphatic carbocycles. The lowest BCUT2D eigenvalue weighted by atomic mass is 9.92. The first-order valence-electron chi connectivity index (χ1n) is 5.38. The third-order valence-corrected chi connectivity index (χ3v) is 5.29. The second-order valence-corrected chi connectivity index (χ2v) is 5.51. The molecule has 4 saturated carbocycles. The van der Waals surface area contributed by atoms with Crippen molar-refractivity contribution in [3.05, 3.63) is 0 Å². The second kappa shape index (κ2) is 1.41. The first-order valence-corrected chi connectivity index (χ1v) is 5.38. The molecule has 4 rings (SSSR count). The molecule has 0 spiro atoms. The van der Waals surface area contributed by atoms with Gasteiger partial charge in [-0.3, -0.25) is 0 Å². The quantitative estimate of drug-likeness (QED) is 0.495. The van der Waals surface area contributed by atoms with Crippen LogP contribution in [-0.4, -0.2) is 0 Å². The summed E-state index contributed by atoms with van der Waals surface area (Å²) in [4.78, 5) is 0. The van der Waals surface area contributed by atoms with Crippen LogP contribution in [0.2, 0.25) is 0 Å². The van der Waals surface area contributed by atoms with Gasteiger partial charge in [-0.2, -0.15) is 0 Å². The van der Waals surface area contributed by atoms with Gasteiger partial charge < -0.3 is 0 Å². The van der Waals surface area contributed by atoms with Crippen molar-refractivity contribution in [3.8, 4) is 0 Å². The van der Waals surface area contributed by atoms with E-state index in [9.17, 15) is 0 Å². The minimum absolute atomic E-state index is 1.10. The van der Waals surface area contributed by atoms with Crippen LogP contribution in [0.25, 0.3) is 0 Å². The Morgan fingerprint density at radius 3 is 2.64 bits per heavy atom. The molecule has 0 amide bonds. The Labute approximate surface area is 68.4 Å². The van der Waals surface area contributed by atoms with Gasteiger partial charge in [-0.1, -0.05) is 13.3 Å². The van der Waals surface area contributed by atoms with E-state index in [0.29, 0.717) is 0 Å². The van der Waals surface area contributed by atoms with Gasteiger partial charge in [0.15, 0.2) is 0 Å². The van der Waals surface area contributed by atoms with E-state index in [-0.39, 0.29) is 0 Å². The van der Waals surface area contributed by atoms with Crippen LogP contribution in [0.3, 0.4) is 0 Å². The average molecular weight is 148 g/mol. The third kappa shape index (κ3) is 0.467. The molecule has 0 aliphatic heterocycles. The lowest BCUT2D eigenvalue weighted by Crippen LogP contribution is -2.04. The second-order valence-electron chi connectivity index (χ2n) is 5.51. The summed E-state index contributed by atoms with van der Waals surface area (Å²) < 4.78 is 0. The Bertz CT molecular complexity index is 211. The third-order valence-electron chi connectivity index (χ3n) is 5.29. The summed E-state index contributed by atoms with van der Waals surface area (Å²) in [5, 5.41) is 0. The molecule has 11 heavy (non-hydrogen) atoms. The molecule has 4 fully saturated rings. The summed E-state index contributed by atoms with van der Waals surface area (Å²) in [6.45, 7) is 2.50. The van der Waals surface area contributed by atoms with Crippen LogP contribution in [-0.2, 0) is 0 Å². The number of rotatable bonds is 0. The fourth-order valence-electron chi connectivity index (χ4n) is 4.83. The van der Waals surface area contributed by atoms with Crippen molar-refractivity contribution in [1.29, 1.82) is 0 Å². The van der Waals surface area contributed by atoms with E-state index >= 15 is 0 Å². The molecule has 60 valence electrons. The van der Waals surface area contributed by atoms with Gasteiger partial charge >= 0.3 is 0 Å². The van der Waals surface area contributed by atoms with E-state index in [1.165, 1.54) is 35.5 Å². The summed E-state index contributed by atoms with van der Waals surface area (Å²) in [6.07, 6.45) is 4.81. The van der Waals surface area contributed by atoms with Crippen LogP contribution in [0.1, 0.15) is 26.2 Å². The molecular weight excluding hydrogens is 132 g/mol. The highest BCUT2D eigenvalue weighted by atomic mass is 14.8. The number of fused-ring (bicyclic) bond motifs is 2. The van der Waals surface area contributed by atoms with Crippen molar-refractivity contribution < 1.29 is 0 Å². The van der Waals surface area contributed by atoms with Crippen LogP contribution in [0, 0.1) is 41.4 Å². The maximum Gasteiger partial charge on any atom is -0.0315 e. The molecule has 0 aromatic heterocycles. The monoisotopic (exact) mass is 148 g/mol. The van der Waals surface area contributed by atoms with Gasteiger partial charge in [0.05, 0.1) is 0 Å². The molecule has 0 N–H and O–H groups in total. The molecule has 0 bridgehead atoms. The van der Waals surface area contributed by atoms with Crippen molar-refractivity contribution in [3.63, 3.8) is 0 Å². The SMILES string of the molecule is CC1CCC2C3CC4C1C4C23. The standard InChI is InChI=1S/C11H16/c1-5-2-3-6-7-4-8-9(5)11(8)10(6)7/h5-11H,2-4H2,1H3. The number of hydrogen-bond donors (Lipinski definition) is 0. The van der Waals surface area contributed by atoms with E-state index < -0.39 is 0 Å². The van der Waals surface area contributed by atoms with E-state index in [0.717, 1.165) is 5.92 Å². The molecule has 0 nitrogen and oxygen atoms in total. The van der Waals surface area contributed by atoms with E-state index in [1.807, 2.05) is 0 Å². The highest BCUT2D eigenvalue weighted by Crippen LogP contribution is 2.79. The number of hydrogen-bond acceptors (Lipinski definition) is 0. The maximum absolute atomic E-state index is 2.50. The lowest BCUT2D eigenvalue weighted by Gasteiger charge is -2.13. The molecule has 0 heteroatoms. The van der Waals surface area contributed by atoms with Crippen molar-refractivity contribution in [2.24, 2.45) is 41.4 Å². The molecule has 0 heterocycles. The lowest BCUT2D eigenvalue weighted by molar-refractivity contribution is 0.370. The molecule has 0 aromatic rings. The van der Waals surface area contributed by atoms with E-state index in [4.69, 9.17) is 0 Å². The van der Waals surface area contributed by atoms with E-state index in [2.05, 4.69) is 6.92 Å². The van der Waals surface area contributed by atoms with Gasteiger partial charge in [-0.05, 0) is 54.3 Å². The fraction of sp³-hybridized carbons (Fsp3) is 1.00. The first kappa shape index (κ1) is 5.61. The largest absolute Gasteiger partial charge is 0.0622 e. The van der Waals surface area contributed by atoms with Crippen LogP contribution >= 0.6 is 0 Å². The summed E-state index contributed by atoms with van der Waals surface area (Å²) in [5.41, 5.74) is 0. The topological polar surface area (TPSA) is 0 Å². The van der Waals surface area contributed by atoms with Gasteiger partial charge in [0.25, 0.3) is 0 Å². The van der Waals surface area contributed by atoms with Gasteiger partial charge in [0.2, 0.25) is 0 Å². The molecule has 0 aromatic carbocycles. The molecule has 4 aliphatic rings. The molecule has 0 saturated heterocycles. The Morgan fingerprint density at radius 2 is 1.73 bits per heavy atom. The van der Waals surface area contributed by atoms with Gasteiger partial charge in [0, 0.05) is 0 Å². The zero-order chi connectivity index (χ0) is 7.16. The van der Waals surface area contributed by atoms with E-state index in [1.54, 1.807) is 19.3 Å².